The molecule has 0 aliphatic carbocycles. The molecule has 0 aromatic heterocycles. The summed E-state index contributed by atoms with van der Waals surface area (Å²) in [6, 6.07) is 12.5. The normalized spacial score (nSPS) is 18.4. The summed E-state index contributed by atoms with van der Waals surface area (Å²) < 4.78 is 13.5. The Morgan fingerprint density at radius 2 is 1.73 bits per heavy atom. The van der Waals surface area contributed by atoms with Gasteiger partial charge in [0.1, 0.15) is 5.82 Å². The van der Waals surface area contributed by atoms with Crippen LogP contribution in [-0.2, 0) is 4.79 Å². The lowest BCUT2D eigenvalue weighted by atomic mass is 10.1. The molecule has 0 spiro atoms. The minimum atomic E-state index is -0.354. The summed E-state index contributed by atoms with van der Waals surface area (Å²) in [5.74, 6) is -0.577. The third kappa shape index (κ3) is 3.43. The maximum Gasteiger partial charge on any atom is 0.257 e. The van der Waals surface area contributed by atoms with Crippen LogP contribution in [0.3, 0.4) is 0 Å². The molecular formula is C21H22FN3O. The lowest BCUT2D eigenvalue weighted by Gasteiger charge is -2.22. The van der Waals surface area contributed by atoms with Gasteiger partial charge in [0.25, 0.3) is 5.91 Å². The molecule has 0 unspecified atom stereocenters. The van der Waals surface area contributed by atoms with Crippen LogP contribution in [0.25, 0.3) is 5.57 Å². The van der Waals surface area contributed by atoms with Crippen LogP contribution in [0.1, 0.15) is 31.2 Å². The number of carbonyl (C=O) groups is 1. The van der Waals surface area contributed by atoms with Crippen LogP contribution < -0.4 is 15.5 Å². The zero-order valence-electron chi connectivity index (χ0n) is 14.6. The largest absolute Gasteiger partial charge is 0.372 e. The topological polar surface area (TPSA) is 44.4 Å². The van der Waals surface area contributed by atoms with Crippen molar-refractivity contribution < 1.29 is 9.18 Å². The summed E-state index contributed by atoms with van der Waals surface area (Å²) in [5, 5.41) is 5.90. The molecule has 0 bridgehead atoms. The lowest BCUT2D eigenvalue weighted by Crippen LogP contribution is -2.23. The standard InChI is InChI=1S/C21H22FN3O/c22-15-5-10-20-18(13-15)19(21(26)24-20)14-23-16-6-8-17(9-7-16)25-11-3-1-2-4-12-25/h5-10,13-14,23H,1-4,11-12H2,(H,24,26). The number of fused-ring (bicyclic) bond motifs is 1. The molecular weight excluding hydrogens is 329 g/mol. The van der Waals surface area contributed by atoms with Crippen LogP contribution in [0.15, 0.2) is 48.7 Å². The zero-order chi connectivity index (χ0) is 17.9. The summed E-state index contributed by atoms with van der Waals surface area (Å²) >= 11 is 0. The van der Waals surface area contributed by atoms with Gasteiger partial charge in [0.2, 0.25) is 0 Å². The molecule has 2 heterocycles. The Bertz CT molecular complexity index is 837. The van der Waals surface area contributed by atoms with Gasteiger partial charge in [0.05, 0.1) is 5.57 Å². The van der Waals surface area contributed by atoms with Crippen molar-refractivity contribution in [1.29, 1.82) is 0 Å². The first-order valence-corrected chi connectivity index (χ1v) is 9.14. The second-order valence-electron chi connectivity index (χ2n) is 6.79. The van der Waals surface area contributed by atoms with E-state index in [2.05, 4.69) is 27.7 Å². The number of nitrogens with zero attached hydrogens (tertiary/aromatic N) is 1. The van der Waals surface area contributed by atoms with Gasteiger partial charge in [-0.25, -0.2) is 4.39 Å². The summed E-state index contributed by atoms with van der Waals surface area (Å²) in [4.78, 5) is 14.5. The Morgan fingerprint density at radius 1 is 1.00 bits per heavy atom. The van der Waals surface area contributed by atoms with E-state index in [0.717, 1.165) is 18.8 Å². The van der Waals surface area contributed by atoms with Crippen molar-refractivity contribution in [1.82, 2.24) is 0 Å². The van der Waals surface area contributed by atoms with Crippen molar-refractivity contribution in [2.45, 2.75) is 25.7 Å². The van der Waals surface area contributed by atoms with Gasteiger partial charge >= 0.3 is 0 Å². The van der Waals surface area contributed by atoms with Gasteiger partial charge in [-0.3, -0.25) is 4.79 Å². The Labute approximate surface area is 152 Å². The first-order chi connectivity index (χ1) is 12.7. The maximum atomic E-state index is 13.5. The molecule has 2 aromatic rings. The number of rotatable bonds is 3. The molecule has 1 fully saturated rings. The minimum Gasteiger partial charge on any atom is -0.372 e. The average Bonchev–Trinajstić information content (AvgIpc) is 2.82. The molecule has 5 heteroatoms. The fourth-order valence-electron chi connectivity index (χ4n) is 3.56. The monoisotopic (exact) mass is 351 g/mol. The minimum absolute atomic E-state index is 0.223. The molecule has 0 saturated carbocycles. The van der Waals surface area contributed by atoms with Gasteiger partial charge in [0, 0.05) is 41.9 Å². The molecule has 1 amide bonds. The number of anilines is 3. The first-order valence-electron chi connectivity index (χ1n) is 9.14. The van der Waals surface area contributed by atoms with E-state index in [1.54, 1.807) is 12.3 Å². The van der Waals surface area contributed by atoms with Gasteiger partial charge in [-0.15, -0.1) is 0 Å². The third-order valence-electron chi connectivity index (χ3n) is 4.99. The van der Waals surface area contributed by atoms with Crippen molar-refractivity contribution in [2.75, 3.05) is 28.6 Å². The predicted molar refractivity (Wildman–Crippen MR) is 104 cm³/mol. The SMILES string of the molecule is O=C1Nc2ccc(F)cc2C1=CNc1ccc(N2CCCCCC2)cc1. The van der Waals surface area contributed by atoms with E-state index in [4.69, 9.17) is 0 Å². The van der Waals surface area contributed by atoms with E-state index in [0.29, 0.717) is 16.8 Å². The molecule has 2 N–H and O–H groups in total. The Balaban J connectivity index is 1.49. The number of nitrogens with one attached hydrogen (secondary N) is 2. The summed E-state index contributed by atoms with van der Waals surface area (Å²) in [6.07, 6.45) is 6.76. The summed E-state index contributed by atoms with van der Waals surface area (Å²) in [5.41, 5.74) is 3.80. The summed E-state index contributed by atoms with van der Waals surface area (Å²) in [6.45, 7) is 2.22. The van der Waals surface area contributed by atoms with Gasteiger partial charge in [0.15, 0.2) is 0 Å². The highest BCUT2D eigenvalue weighted by Gasteiger charge is 2.24. The molecule has 0 radical (unpaired) electrons. The van der Waals surface area contributed by atoms with E-state index in [1.165, 1.54) is 43.5 Å². The molecule has 4 nitrogen and oxygen atoms in total. The van der Waals surface area contributed by atoms with Crippen molar-refractivity contribution in [3.05, 3.63) is 60.0 Å². The second-order valence-corrected chi connectivity index (χ2v) is 6.79. The second kappa shape index (κ2) is 7.20. The van der Waals surface area contributed by atoms with E-state index in [1.807, 2.05) is 12.1 Å². The first kappa shape index (κ1) is 16.6. The fourth-order valence-corrected chi connectivity index (χ4v) is 3.56. The molecule has 0 atom stereocenters. The Hall–Kier alpha value is -2.82. The average molecular weight is 351 g/mol. The molecule has 26 heavy (non-hydrogen) atoms. The van der Waals surface area contributed by atoms with E-state index < -0.39 is 0 Å². The number of hydrogen-bond donors (Lipinski definition) is 2. The predicted octanol–water partition coefficient (Wildman–Crippen LogP) is 4.61. The van der Waals surface area contributed by atoms with Crippen molar-refractivity contribution >= 4 is 28.5 Å². The lowest BCUT2D eigenvalue weighted by molar-refractivity contribution is -0.110. The molecule has 4 rings (SSSR count). The number of hydrogen-bond acceptors (Lipinski definition) is 3. The van der Waals surface area contributed by atoms with Crippen LogP contribution in [0, 0.1) is 5.82 Å². The van der Waals surface area contributed by atoms with Crippen LogP contribution in [-0.4, -0.2) is 19.0 Å². The van der Waals surface area contributed by atoms with Crippen LogP contribution in [0.2, 0.25) is 0 Å². The molecule has 1 saturated heterocycles. The van der Waals surface area contributed by atoms with Crippen LogP contribution in [0.5, 0.6) is 0 Å². The number of benzene rings is 2. The van der Waals surface area contributed by atoms with E-state index in [-0.39, 0.29) is 11.7 Å². The number of amides is 1. The van der Waals surface area contributed by atoms with Crippen molar-refractivity contribution in [3.8, 4) is 0 Å². The summed E-state index contributed by atoms with van der Waals surface area (Å²) in [7, 11) is 0. The van der Waals surface area contributed by atoms with Gasteiger partial charge in [-0.05, 0) is 55.3 Å². The number of carbonyl (C=O) groups excluding carboxylic acids is 1. The van der Waals surface area contributed by atoms with Crippen molar-refractivity contribution in [3.63, 3.8) is 0 Å². The third-order valence-corrected chi connectivity index (χ3v) is 4.99. The Kier molecular flexibility index (Phi) is 4.61. The Morgan fingerprint density at radius 3 is 2.46 bits per heavy atom. The van der Waals surface area contributed by atoms with Crippen molar-refractivity contribution in [2.24, 2.45) is 0 Å². The molecule has 2 aliphatic heterocycles. The van der Waals surface area contributed by atoms with Gasteiger partial charge in [-0.1, -0.05) is 12.8 Å². The maximum absolute atomic E-state index is 13.5. The quantitative estimate of drug-likeness (QED) is 0.794. The van der Waals surface area contributed by atoms with Crippen LogP contribution >= 0.6 is 0 Å². The van der Waals surface area contributed by atoms with Gasteiger partial charge in [-0.2, -0.15) is 0 Å². The highest BCUT2D eigenvalue weighted by atomic mass is 19.1. The number of halogens is 1. The van der Waals surface area contributed by atoms with Gasteiger partial charge < -0.3 is 15.5 Å². The van der Waals surface area contributed by atoms with E-state index >= 15 is 0 Å². The zero-order valence-corrected chi connectivity index (χ0v) is 14.6. The molecule has 134 valence electrons. The molecule has 2 aromatic carbocycles. The van der Waals surface area contributed by atoms with E-state index in [9.17, 15) is 9.18 Å². The fraction of sp³-hybridized carbons (Fsp3) is 0.286. The highest BCUT2D eigenvalue weighted by molar-refractivity contribution is 6.31. The smallest absolute Gasteiger partial charge is 0.257 e. The highest BCUT2D eigenvalue weighted by Crippen LogP contribution is 2.32. The molecule has 2 aliphatic rings. The van der Waals surface area contributed by atoms with Crippen LogP contribution in [0.4, 0.5) is 21.5 Å².